The highest BCUT2D eigenvalue weighted by atomic mass is 35.5. The van der Waals surface area contributed by atoms with Crippen molar-refractivity contribution in [3.05, 3.63) is 35.9 Å². The lowest BCUT2D eigenvalue weighted by molar-refractivity contribution is 0.0621. The third-order valence-corrected chi connectivity index (χ3v) is 11.0. The van der Waals surface area contributed by atoms with Gasteiger partial charge in [0, 0.05) is 17.5 Å². The SMILES string of the molecule is CC1(CCCCl)C2CC3(c4ccccc4)C[C@@H]1CC2(C(=S)/N=C/C1CCC(CN)CC1)C3. The lowest BCUT2D eigenvalue weighted by atomic mass is 9.56. The van der Waals surface area contributed by atoms with Gasteiger partial charge in [-0.25, -0.2) is 0 Å². The first-order chi connectivity index (χ1) is 15.5. The summed E-state index contributed by atoms with van der Waals surface area (Å²) < 4.78 is 0. The van der Waals surface area contributed by atoms with E-state index in [4.69, 9.17) is 34.5 Å². The summed E-state index contributed by atoms with van der Waals surface area (Å²) in [5, 5.41) is 0. The Morgan fingerprint density at radius 3 is 2.59 bits per heavy atom. The molecular weight excluding hydrogens is 432 g/mol. The van der Waals surface area contributed by atoms with Crippen molar-refractivity contribution in [1.82, 2.24) is 0 Å². The summed E-state index contributed by atoms with van der Waals surface area (Å²) in [6.45, 7) is 3.38. The molecule has 5 aliphatic carbocycles. The van der Waals surface area contributed by atoms with Crippen molar-refractivity contribution in [2.24, 2.45) is 45.2 Å². The molecule has 5 fully saturated rings. The van der Waals surface area contributed by atoms with E-state index in [1.54, 1.807) is 0 Å². The Hall–Kier alpha value is -0.770. The van der Waals surface area contributed by atoms with Crippen molar-refractivity contribution in [2.45, 2.75) is 76.5 Å². The number of hydrogen-bond donors (Lipinski definition) is 1. The third-order valence-electron chi connectivity index (χ3n) is 10.2. The maximum atomic E-state index is 6.20. The molecule has 0 radical (unpaired) electrons. The van der Waals surface area contributed by atoms with E-state index in [0.29, 0.717) is 23.2 Å². The van der Waals surface area contributed by atoms with Gasteiger partial charge in [0.15, 0.2) is 0 Å². The molecule has 32 heavy (non-hydrogen) atoms. The van der Waals surface area contributed by atoms with Crippen LogP contribution in [0.3, 0.4) is 0 Å². The number of nitrogens with two attached hydrogens (primary N) is 1. The van der Waals surface area contributed by atoms with Crippen LogP contribution in [0.4, 0.5) is 0 Å². The summed E-state index contributed by atoms with van der Waals surface area (Å²) in [4.78, 5) is 6.10. The largest absolute Gasteiger partial charge is 0.330 e. The molecule has 5 saturated carbocycles. The Balaban J connectivity index is 1.41. The molecule has 1 aromatic rings. The van der Waals surface area contributed by atoms with E-state index in [0.717, 1.165) is 29.8 Å². The molecule has 0 aromatic heterocycles. The fourth-order valence-electron chi connectivity index (χ4n) is 8.50. The Morgan fingerprint density at radius 1 is 1.16 bits per heavy atom. The average Bonchev–Trinajstić information content (AvgIpc) is 3.18. The lowest BCUT2D eigenvalue weighted by Gasteiger charge is -2.48. The topological polar surface area (TPSA) is 38.4 Å². The molecule has 5 atom stereocenters. The number of alkyl halides is 1. The van der Waals surface area contributed by atoms with E-state index in [1.165, 1.54) is 63.4 Å². The van der Waals surface area contributed by atoms with Crippen LogP contribution >= 0.6 is 23.8 Å². The van der Waals surface area contributed by atoms with Gasteiger partial charge in [0.2, 0.25) is 0 Å². The molecule has 2 nitrogen and oxygen atoms in total. The summed E-state index contributed by atoms with van der Waals surface area (Å²) in [5.74, 6) is 3.41. The summed E-state index contributed by atoms with van der Waals surface area (Å²) in [7, 11) is 0. The van der Waals surface area contributed by atoms with E-state index in [9.17, 15) is 0 Å². The van der Waals surface area contributed by atoms with Crippen LogP contribution in [0, 0.1) is 34.5 Å². The number of halogens is 1. The van der Waals surface area contributed by atoms with Gasteiger partial charge in [-0.15, -0.1) is 11.6 Å². The van der Waals surface area contributed by atoms with Gasteiger partial charge < -0.3 is 5.73 Å². The van der Waals surface area contributed by atoms with Crippen molar-refractivity contribution < 1.29 is 0 Å². The lowest BCUT2D eigenvalue weighted by Crippen LogP contribution is -2.41. The second kappa shape index (κ2) is 8.78. The molecule has 0 spiro atoms. The summed E-state index contributed by atoms with van der Waals surface area (Å²) in [5.41, 5.74) is 8.15. The van der Waals surface area contributed by atoms with Crippen molar-refractivity contribution in [2.75, 3.05) is 12.4 Å². The van der Waals surface area contributed by atoms with Gasteiger partial charge in [0.05, 0.1) is 0 Å². The highest BCUT2D eigenvalue weighted by molar-refractivity contribution is 7.80. The predicted molar refractivity (Wildman–Crippen MR) is 140 cm³/mol. The minimum absolute atomic E-state index is 0.0973. The smallest absolute Gasteiger partial charge is 0.109 e. The highest BCUT2D eigenvalue weighted by Crippen LogP contribution is 2.77. The van der Waals surface area contributed by atoms with E-state index in [1.807, 2.05) is 0 Å². The molecule has 6 rings (SSSR count). The van der Waals surface area contributed by atoms with Crippen LogP contribution in [-0.4, -0.2) is 23.6 Å². The van der Waals surface area contributed by atoms with Crippen molar-refractivity contribution in [3.63, 3.8) is 0 Å². The Bertz CT molecular complexity index is 863. The monoisotopic (exact) mass is 470 g/mol. The first-order valence-electron chi connectivity index (χ1n) is 12.9. The fourth-order valence-corrected chi connectivity index (χ4v) is 8.99. The zero-order chi connectivity index (χ0) is 22.4. The Morgan fingerprint density at radius 2 is 1.91 bits per heavy atom. The van der Waals surface area contributed by atoms with Crippen LogP contribution < -0.4 is 5.73 Å². The Kier molecular flexibility index (Phi) is 6.31. The minimum Gasteiger partial charge on any atom is -0.330 e. The Labute approximate surface area is 204 Å². The van der Waals surface area contributed by atoms with Gasteiger partial charge in [-0.3, -0.25) is 4.99 Å². The molecular formula is C28H39ClN2S. The molecule has 4 bridgehead atoms. The van der Waals surface area contributed by atoms with E-state index >= 15 is 0 Å². The third kappa shape index (κ3) is 3.62. The average molecular weight is 471 g/mol. The second-order valence-corrected chi connectivity index (χ2v) is 12.5. The molecule has 2 N–H and O–H groups in total. The van der Waals surface area contributed by atoms with Crippen LogP contribution in [0.5, 0.6) is 0 Å². The number of thiocarbonyl (C=S) groups is 1. The normalized spacial score (nSPS) is 42.7. The van der Waals surface area contributed by atoms with Gasteiger partial charge in [-0.05, 0) is 111 Å². The molecule has 0 aliphatic heterocycles. The van der Waals surface area contributed by atoms with Crippen LogP contribution in [0.25, 0.3) is 0 Å². The molecule has 0 heterocycles. The summed E-state index contributed by atoms with van der Waals surface area (Å²) >= 11 is 12.4. The van der Waals surface area contributed by atoms with Crippen molar-refractivity contribution in [1.29, 1.82) is 0 Å². The van der Waals surface area contributed by atoms with E-state index < -0.39 is 0 Å². The molecule has 4 heteroatoms. The fraction of sp³-hybridized carbons (Fsp3) is 0.714. The van der Waals surface area contributed by atoms with Crippen LogP contribution in [-0.2, 0) is 5.41 Å². The van der Waals surface area contributed by atoms with Gasteiger partial charge in [0.1, 0.15) is 4.99 Å². The molecule has 4 unspecified atom stereocenters. The van der Waals surface area contributed by atoms with Gasteiger partial charge in [0.25, 0.3) is 0 Å². The highest BCUT2D eigenvalue weighted by Gasteiger charge is 2.72. The maximum Gasteiger partial charge on any atom is 0.109 e. The van der Waals surface area contributed by atoms with Crippen LogP contribution in [0.2, 0.25) is 0 Å². The predicted octanol–water partition coefficient (Wildman–Crippen LogP) is 6.93. The molecule has 174 valence electrons. The zero-order valence-corrected chi connectivity index (χ0v) is 21.1. The van der Waals surface area contributed by atoms with Crippen LogP contribution in [0.1, 0.15) is 76.7 Å². The molecule has 0 amide bonds. The van der Waals surface area contributed by atoms with E-state index in [2.05, 4.69) is 43.5 Å². The number of hydrogen-bond acceptors (Lipinski definition) is 2. The number of benzene rings is 1. The quantitative estimate of drug-likeness (QED) is 0.266. The van der Waals surface area contributed by atoms with Gasteiger partial charge in [-0.2, -0.15) is 0 Å². The van der Waals surface area contributed by atoms with Crippen molar-refractivity contribution in [3.8, 4) is 0 Å². The number of nitrogens with zero attached hydrogens (tertiary/aromatic N) is 1. The number of aliphatic imine (C=N–C) groups is 1. The minimum atomic E-state index is 0.0973. The van der Waals surface area contributed by atoms with Gasteiger partial charge >= 0.3 is 0 Å². The van der Waals surface area contributed by atoms with E-state index in [-0.39, 0.29) is 10.8 Å². The first-order valence-corrected chi connectivity index (χ1v) is 13.8. The summed E-state index contributed by atoms with van der Waals surface area (Å²) in [6.07, 6.45) is 14.5. The molecule has 1 aromatic carbocycles. The molecule has 0 saturated heterocycles. The van der Waals surface area contributed by atoms with Crippen molar-refractivity contribution >= 4 is 35.0 Å². The zero-order valence-electron chi connectivity index (χ0n) is 19.6. The second-order valence-electron chi connectivity index (χ2n) is 11.7. The molecule has 5 aliphatic rings. The first kappa shape index (κ1) is 23.0. The number of rotatable bonds is 7. The maximum absolute atomic E-state index is 6.20. The standard InChI is InChI=1S/C28H39ClN2S/c1-26(12-5-13-29)23-14-27(22-6-3-2-4-7-22)16-24(26)28(15-23,19-27)25(32)31-18-21-10-8-20(17-30)9-11-21/h2-4,6-7,18,20-21,23-24H,5,8-17,19,30H2,1H3/b31-18+/t20?,21?,23-,24?,26?,27?,28?/m1/s1. The van der Waals surface area contributed by atoms with Gasteiger partial charge in [-0.1, -0.05) is 49.5 Å². The van der Waals surface area contributed by atoms with Crippen LogP contribution in [0.15, 0.2) is 35.3 Å². The summed E-state index contributed by atoms with van der Waals surface area (Å²) in [6, 6.07) is 11.3.